The minimum atomic E-state index is -3.50. The molecule has 2 aliphatic heterocycles. The van der Waals surface area contributed by atoms with Gasteiger partial charge in [-0.1, -0.05) is 42.5 Å². The highest BCUT2D eigenvalue weighted by Crippen LogP contribution is 2.30. The molecule has 7 heteroatoms. The number of aryl methyl sites for hydroxylation is 2. The van der Waals surface area contributed by atoms with Gasteiger partial charge in [-0.15, -0.1) is 0 Å². The number of nitrogens with one attached hydrogen (secondary N) is 2. The van der Waals surface area contributed by atoms with Crippen LogP contribution in [0.2, 0.25) is 0 Å². The molecule has 2 aromatic rings. The predicted molar refractivity (Wildman–Crippen MR) is 120 cm³/mol. The zero-order valence-corrected chi connectivity index (χ0v) is 18.5. The van der Waals surface area contributed by atoms with Gasteiger partial charge in [-0.3, -0.25) is 4.99 Å². The second kappa shape index (κ2) is 8.49. The lowest BCUT2D eigenvalue weighted by molar-refractivity contribution is 0.241. The molecule has 0 amide bonds. The van der Waals surface area contributed by atoms with Crippen LogP contribution in [0, 0.1) is 13.8 Å². The van der Waals surface area contributed by atoms with Crippen molar-refractivity contribution in [1.29, 1.82) is 0 Å². The average Bonchev–Trinajstić information content (AvgIpc) is 2.76. The van der Waals surface area contributed by atoms with Gasteiger partial charge in [0.15, 0.2) is 0 Å². The minimum Gasteiger partial charge on any atom is -0.368 e. The molecule has 0 aliphatic carbocycles. The minimum absolute atomic E-state index is 0.277. The predicted octanol–water partition coefficient (Wildman–Crippen LogP) is 2.62. The molecule has 2 N–H and O–H groups in total. The fraction of sp³-hybridized carbons (Fsp3) is 0.435. The summed E-state index contributed by atoms with van der Waals surface area (Å²) in [4.78, 5) is 5.19. The van der Waals surface area contributed by atoms with E-state index in [1.165, 1.54) is 5.56 Å². The monoisotopic (exact) mass is 426 g/mol. The largest absolute Gasteiger partial charge is 0.368 e. The van der Waals surface area contributed by atoms with E-state index in [0.717, 1.165) is 30.1 Å². The molecule has 1 fully saturated rings. The van der Waals surface area contributed by atoms with Crippen LogP contribution in [0.3, 0.4) is 0 Å². The van der Waals surface area contributed by atoms with Gasteiger partial charge >= 0.3 is 0 Å². The van der Waals surface area contributed by atoms with E-state index in [1.54, 1.807) is 10.4 Å². The van der Waals surface area contributed by atoms with Crippen LogP contribution in [0.15, 0.2) is 58.4 Å². The van der Waals surface area contributed by atoms with Crippen LogP contribution in [0.1, 0.15) is 29.5 Å². The summed E-state index contributed by atoms with van der Waals surface area (Å²) in [6.45, 7) is 7.02. The van der Waals surface area contributed by atoms with Gasteiger partial charge in [0.05, 0.1) is 17.0 Å². The summed E-state index contributed by atoms with van der Waals surface area (Å²) in [7, 11) is -3.50. The third-order valence-corrected chi connectivity index (χ3v) is 8.18. The van der Waals surface area contributed by atoms with Crippen molar-refractivity contribution >= 4 is 15.9 Å². The van der Waals surface area contributed by atoms with E-state index in [4.69, 9.17) is 4.99 Å². The van der Waals surface area contributed by atoms with E-state index in [1.807, 2.05) is 44.2 Å². The maximum atomic E-state index is 13.3. The highest BCUT2D eigenvalue weighted by Gasteiger charge is 2.43. The molecule has 1 saturated heterocycles. The molecular weight excluding hydrogens is 396 g/mol. The quantitative estimate of drug-likeness (QED) is 0.788. The van der Waals surface area contributed by atoms with Crippen LogP contribution in [-0.4, -0.2) is 50.3 Å². The summed E-state index contributed by atoms with van der Waals surface area (Å²) in [5.41, 5.74) is 2.68. The third-order valence-electron chi connectivity index (χ3n) is 6.14. The first-order chi connectivity index (χ1) is 14.4. The van der Waals surface area contributed by atoms with Crippen molar-refractivity contribution in [3.8, 4) is 0 Å². The first-order valence-corrected chi connectivity index (χ1v) is 12.0. The number of sulfonamides is 1. The van der Waals surface area contributed by atoms with Crippen LogP contribution < -0.4 is 10.6 Å². The number of hydrogen-bond donors (Lipinski definition) is 2. The Bertz CT molecular complexity index is 1030. The average molecular weight is 427 g/mol. The SMILES string of the molecule is Cc1ccc(C)c(S(=O)(=O)N2CCC3(CC2)NCCN=C3NCc2ccccc2)c1. The normalized spacial score (nSPS) is 19.5. The van der Waals surface area contributed by atoms with Gasteiger partial charge in [0, 0.05) is 26.2 Å². The number of piperidine rings is 1. The van der Waals surface area contributed by atoms with E-state index in [0.29, 0.717) is 37.4 Å². The fourth-order valence-electron chi connectivity index (χ4n) is 4.35. The lowest BCUT2D eigenvalue weighted by Gasteiger charge is -2.44. The van der Waals surface area contributed by atoms with E-state index in [-0.39, 0.29) is 5.54 Å². The molecule has 1 spiro atoms. The van der Waals surface area contributed by atoms with Crippen molar-refractivity contribution in [2.24, 2.45) is 4.99 Å². The zero-order valence-electron chi connectivity index (χ0n) is 17.7. The summed E-state index contributed by atoms with van der Waals surface area (Å²) in [5, 5.41) is 7.16. The highest BCUT2D eigenvalue weighted by atomic mass is 32.2. The Morgan fingerprint density at radius 1 is 1.10 bits per heavy atom. The van der Waals surface area contributed by atoms with Crippen molar-refractivity contribution in [2.75, 3.05) is 26.2 Å². The van der Waals surface area contributed by atoms with E-state index >= 15 is 0 Å². The third kappa shape index (κ3) is 4.15. The van der Waals surface area contributed by atoms with Crippen molar-refractivity contribution in [3.63, 3.8) is 0 Å². The molecular formula is C23H30N4O2S. The van der Waals surface area contributed by atoms with Crippen LogP contribution in [0.4, 0.5) is 0 Å². The van der Waals surface area contributed by atoms with Crippen molar-refractivity contribution < 1.29 is 8.42 Å². The fourth-order valence-corrected chi connectivity index (χ4v) is 6.10. The lowest BCUT2D eigenvalue weighted by Crippen LogP contribution is -2.64. The summed E-state index contributed by atoms with van der Waals surface area (Å²) in [5.74, 6) is 0.960. The summed E-state index contributed by atoms with van der Waals surface area (Å²) in [6, 6.07) is 15.9. The highest BCUT2D eigenvalue weighted by molar-refractivity contribution is 7.89. The second-order valence-corrected chi connectivity index (χ2v) is 10.2. The second-order valence-electron chi connectivity index (χ2n) is 8.25. The number of hydrogen-bond acceptors (Lipinski definition) is 5. The summed E-state index contributed by atoms with van der Waals surface area (Å²) < 4.78 is 28.2. The van der Waals surface area contributed by atoms with Gasteiger partial charge in [0.2, 0.25) is 10.0 Å². The first kappa shape index (κ1) is 21.0. The number of rotatable bonds is 4. The van der Waals surface area contributed by atoms with Gasteiger partial charge in [-0.2, -0.15) is 4.31 Å². The Morgan fingerprint density at radius 2 is 1.83 bits per heavy atom. The zero-order chi connectivity index (χ0) is 21.2. The molecule has 0 saturated carbocycles. The Hall–Kier alpha value is -2.22. The maximum Gasteiger partial charge on any atom is 0.243 e. The standard InChI is InChI=1S/C23H30N4O2S/c1-18-8-9-19(2)21(16-18)30(28,29)27-14-10-23(11-15-27)22(24-12-13-26-23)25-17-20-6-4-3-5-7-20/h3-9,16,26H,10-15,17H2,1-2H3,(H,24,25). The Balaban J connectivity index is 1.48. The molecule has 2 heterocycles. The van der Waals surface area contributed by atoms with Crippen molar-refractivity contribution in [1.82, 2.24) is 14.9 Å². The van der Waals surface area contributed by atoms with Crippen LogP contribution in [0.25, 0.3) is 0 Å². The molecule has 0 radical (unpaired) electrons. The van der Waals surface area contributed by atoms with Crippen LogP contribution >= 0.6 is 0 Å². The molecule has 160 valence electrons. The van der Waals surface area contributed by atoms with E-state index in [2.05, 4.69) is 22.8 Å². The van der Waals surface area contributed by atoms with E-state index in [9.17, 15) is 8.42 Å². The molecule has 0 unspecified atom stereocenters. The van der Waals surface area contributed by atoms with Crippen molar-refractivity contribution in [2.45, 2.75) is 43.7 Å². The molecule has 0 aromatic heterocycles. The van der Waals surface area contributed by atoms with Crippen molar-refractivity contribution in [3.05, 3.63) is 65.2 Å². The number of benzene rings is 2. The summed E-state index contributed by atoms with van der Waals surface area (Å²) in [6.07, 6.45) is 1.41. The molecule has 4 rings (SSSR count). The van der Waals surface area contributed by atoms with Gasteiger partial charge in [-0.25, -0.2) is 8.42 Å². The number of amidine groups is 1. The lowest BCUT2D eigenvalue weighted by atomic mass is 9.85. The first-order valence-electron chi connectivity index (χ1n) is 10.6. The van der Waals surface area contributed by atoms with Crippen LogP contribution in [-0.2, 0) is 16.6 Å². The molecule has 2 aromatic carbocycles. The Kier molecular flexibility index (Phi) is 5.95. The molecule has 6 nitrogen and oxygen atoms in total. The van der Waals surface area contributed by atoms with E-state index < -0.39 is 10.0 Å². The van der Waals surface area contributed by atoms with Gasteiger partial charge in [0.1, 0.15) is 5.84 Å². The van der Waals surface area contributed by atoms with Gasteiger partial charge in [-0.05, 0) is 49.4 Å². The van der Waals surface area contributed by atoms with Gasteiger partial charge < -0.3 is 10.6 Å². The Labute approximate surface area is 179 Å². The van der Waals surface area contributed by atoms with Gasteiger partial charge in [0.25, 0.3) is 0 Å². The maximum absolute atomic E-state index is 13.3. The molecule has 0 bridgehead atoms. The molecule has 2 aliphatic rings. The smallest absolute Gasteiger partial charge is 0.243 e. The topological polar surface area (TPSA) is 73.8 Å². The molecule has 30 heavy (non-hydrogen) atoms. The summed E-state index contributed by atoms with van der Waals surface area (Å²) >= 11 is 0. The Morgan fingerprint density at radius 3 is 2.57 bits per heavy atom. The number of nitrogens with zero attached hydrogens (tertiary/aromatic N) is 2. The molecule has 0 atom stereocenters. The van der Waals surface area contributed by atoms with Crippen LogP contribution in [0.5, 0.6) is 0 Å². The number of aliphatic imine (C=N–C) groups is 1.